The third-order valence-electron chi connectivity index (χ3n) is 10.4. The predicted octanol–water partition coefficient (Wildman–Crippen LogP) is 13.9. The lowest BCUT2D eigenvalue weighted by atomic mass is 10.00. The lowest BCUT2D eigenvalue weighted by Crippen LogP contribution is -2.30. The first-order valence-corrected chi connectivity index (χ1v) is 22.4. The minimum absolute atomic E-state index is 0.0655. The third-order valence-corrected chi connectivity index (χ3v) is 10.4. The van der Waals surface area contributed by atoms with Crippen molar-refractivity contribution < 1.29 is 28.6 Å². The standard InChI is InChI=1S/C45H86O6/c1-5-8-10-12-14-15-16-17-18-19-20-21-22-24-30-34-38-45(48)51-42(39-49-43(46)36-32-28-23-13-11-9-6-2)40-50-44(47)37-33-29-26-25-27-31-35-41(4)7-3/h41-42H,5-40H2,1-4H3/t41?,42-/m1/s1. The molecule has 1 unspecified atom stereocenters. The summed E-state index contributed by atoms with van der Waals surface area (Å²) in [7, 11) is 0. The molecule has 0 amide bonds. The maximum absolute atomic E-state index is 12.7. The van der Waals surface area contributed by atoms with Crippen molar-refractivity contribution in [2.24, 2.45) is 5.92 Å². The summed E-state index contributed by atoms with van der Waals surface area (Å²) in [5.74, 6) is -0.0499. The minimum atomic E-state index is -0.758. The number of carbonyl (C=O) groups is 3. The Balaban J connectivity index is 4.26. The highest BCUT2D eigenvalue weighted by Gasteiger charge is 2.19. The summed E-state index contributed by atoms with van der Waals surface area (Å²) in [5.41, 5.74) is 0. The van der Waals surface area contributed by atoms with Gasteiger partial charge in [0.25, 0.3) is 0 Å². The van der Waals surface area contributed by atoms with Crippen molar-refractivity contribution in [3.63, 3.8) is 0 Å². The molecule has 0 aliphatic rings. The maximum atomic E-state index is 12.7. The molecule has 0 aromatic carbocycles. The van der Waals surface area contributed by atoms with Crippen LogP contribution in [0.25, 0.3) is 0 Å². The fourth-order valence-corrected chi connectivity index (χ4v) is 6.59. The van der Waals surface area contributed by atoms with Crippen molar-refractivity contribution in [2.75, 3.05) is 13.2 Å². The van der Waals surface area contributed by atoms with Gasteiger partial charge >= 0.3 is 17.9 Å². The van der Waals surface area contributed by atoms with Crippen LogP contribution in [0.1, 0.15) is 246 Å². The molecule has 0 heterocycles. The first kappa shape index (κ1) is 49.4. The molecule has 0 bridgehead atoms. The highest BCUT2D eigenvalue weighted by Crippen LogP contribution is 2.16. The molecule has 0 aromatic heterocycles. The third kappa shape index (κ3) is 38.0. The molecule has 6 nitrogen and oxygen atoms in total. The predicted molar refractivity (Wildman–Crippen MR) is 215 cm³/mol. The Hall–Kier alpha value is -1.59. The van der Waals surface area contributed by atoms with Gasteiger partial charge in [-0.1, -0.05) is 207 Å². The second kappa shape index (κ2) is 39.6. The Morgan fingerprint density at radius 2 is 0.686 bits per heavy atom. The van der Waals surface area contributed by atoms with E-state index in [0.717, 1.165) is 63.7 Å². The number of esters is 3. The van der Waals surface area contributed by atoms with Gasteiger partial charge in [0.05, 0.1) is 0 Å². The summed E-state index contributed by atoms with van der Waals surface area (Å²) in [6.45, 7) is 8.93. The number of hydrogen-bond acceptors (Lipinski definition) is 6. The van der Waals surface area contributed by atoms with Gasteiger partial charge in [-0.3, -0.25) is 14.4 Å². The van der Waals surface area contributed by atoms with Crippen LogP contribution in [0.5, 0.6) is 0 Å². The van der Waals surface area contributed by atoms with Crippen LogP contribution in [0.2, 0.25) is 0 Å². The summed E-state index contributed by atoms with van der Waals surface area (Å²) in [4.78, 5) is 37.5. The van der Waals surface area contributed by atoms with Crippen LogP contribution in [0.15, 0.2) is 0 Å². The first-order chi connectivity index (χ1) is 24.9. The molecule has 0 saturated heterocycles. The van der Waals surface area contributed by atoms with E-state index in [9.17, 15) is 14.4 Å². The summed E-state index contributed by atoms with van der Waals surface area (Å²) < 4.78 is 16.6. The molecule has 302 valence electrons. The smallest absolute Gasteiger partial charge is 0.306 e. The van der Waals surface area contributed by atoms with Gasteiger partial charge in [0, 0.05) is 19.3 Å². The van der Waals surface area contributed by atoms with Gasteiger partial charge in [-0.2, -0.15) is 0 Å². The number of unbranched alkanes of at least 4 members (excludes halogenated alkanes) is 26. The van der Waals surface area contributed by atoms with Crippen LogP contribution in [0.4, 0.5) is 0 Å². The van der Waals surface area contributed by atoms with Gasteiger partial charge < -0.3 is 14.2 Å². The SMILES string of the molecule is CCCCCCCCCCCCCCCCCCC(=O)O[C@H](COC(=O)CCCCCCCCC)COC(=O)CCCCCCCCC(C)CC. The zero-order valence-electron chi connectivity index (χ0n) is 34.6. The Labute approximate surface area is 317 Å². The molecule has 6 heteroatoms. The summed E-state index contributed by atoms with van der Waals surface area (Å²) in [5, 5.41) is 0. The van der Waals surface area contributed by atoms with E-state index in [1.807, 2.05) is 0 Å². The van der Waals surface area contributed by atoms with Gasteiger partial charge in [0.1, 0.15) is 13.2 Å². The molecule has 0 N–H and O–H groups in total. The van der Waals surface area contributed by atoms with Crippen molar-refractivity contribution in [2.45, 2.75) is 252 Å². The number of rotatable bonds is 40. The quantitative estimate of drug-likeness (QED) is 0.0356. The topological polar surface area (TPSA) is 78.9 Å². The molecule has 0 radical (unpaired) electrons. The van der Waals surface area contributed by atoms with Crippen LogP contribution in [-0.4, -0.2) is 37.2 Å². The van der Waals surface area contributed by atoms with Gasteiger partial charge in [-0.25, -0.2) is 0 Å². The summed E-state index contributed by atoms with van der Waals surface area (Å²) in [6.07, 6.45) is 38.1. The average molecular weight is 723 g/mol. The summed E-state index contributed by atoms with van der Waals surface area (Å²) >= 11 is 0. The van der Waals surface area contributed by atoms with Gasteiger partial charge in [0.2, 0.25) is 0 Å². The molecule has 0 saturated carbocycles. The Kier molecular flexibility index (Phi) is 38.4. The van der Waals surface area contributed by atoms with E-state index >= 15 is 0 Å². The lowest BCUT2D eigenvalue weighted by Gasteiger charge is -2.18. The highest BCUT2D eigenvalue weighted by molar-refractivity contribution is 5.71. The minimum Gasteiger partial charge on any atom is -0.462 e. The monoisotopic (exact) mass is 723 g/mol. The van der Waals surface area contributed by atoms with Crippen LogP contribution >= 0.6 is 0 Å². The molecular formula is C45H86O6. The molecule has 0 aliphatic heterocycles. The maximum Gasteiger partial charge on any atom is 0.306 e. The molecule has 0 fully saturated rings. The highest BCUT2D eigenvalue weighted by atomic mass is 16.6. The normalized spacial score (nSPS) is 12.5. The summed E-state index contributed by atoms with van der Waals surface area (Å²) in [6, 6.07) is 0. The molecule has 0 spiro atoms. The molecule has 0 aliphatic carbocycles. The first-order valence-electron chi connectivity index (χ1n) is 22.4. The second-order valence-corrected chi connectivity index (χ2v) is 15.6. The van der Waals surface area contributed by atoms with E-state index in [2.05, 4.69) is 27.7 Å². The van der Waals surface area contributed by atoms with Gasteiger partial charge in [0.15, 0.2) is 6.10 Å². The van der Waals surface area contributed by atoms with E-state index in [4.69, 9.17) is 14.2 Å². The van der Waals surface area contributed by atoms with Crippen LogP contribution in [-0.2, 0) is 28.6 Å². The molecule has 2 atom stereocenters. The average Bonchev–Trinajstić information content (AvgIpc) is 3.13. The van der Waals surface area contributed by atoms with E-state index < -0.39 is 6.10 Å². The fraction of sp³-hybridized carbons (Fsp3) is 0.933. The van der Waals surface area contributed by atoms with Crippen molar-refractivity contribution in [3.8, 4) is 0 Å². The van der Waals surface area contributed by atoms with Crippen LogP contribution in [0.3, 0.4) is 0 Å². The number of ether oxygens (including phenoxy) is 3. The molecule has 0 rings (SSSR count). The largest absolute Gasteiger partial charge is 0.462 e. The zero-order valence-corrected chi connectivity index (χ0v) is 34.6. The van der Waals surface area contributed by atoms with Crippen molar-refractivity contribution in [1.82, 2.24) is 0 Å². The van der Waals surface area contributed by atoms with Crippen LogP contribution < -0.4 is 0 Å². The van der Waals surface area contributed by atoms with Gasteiger partial charge in [-0.05, 0) is 25.2 Å². The van der Waals surface area contributed by atoms with Crippen molar-refractivity contribution >= 4 is 17.9 Å². The van der Waals surface area contributed by atoms with E-state index in [0.29, 0.717) is 19.3 Å². The lowest BCUT2D eigenvalue weighted by molar-refractivity contribution is -0.167. The van der Waals surface area contributed by atoms with Crippen molar-refractivity contribution in [3.05, 3.63) is 0 Å². The Morgan fingerprint density at radius 3 is 1.02 bits per heavy atom. The fourth-order valence-electron chi connectivity index (χ4n) is 6.59. The number of hydrogen-bond donors (Lipinski definition) is 0. The van der Waals surface area contributed by atoms with E-state index in [-0.39, 0.29) is 31.1 Å². The Morgan fingerprint density at radius 1 is 0.392 bits per heavy atom. The Bertz CT molecular complexity index is 768. The zero-order chi connectivity index (χ0) is 37.5. The number of carbonyl (C=O) groups excluding carboxylic acids is 3. The second-order valence-electron chi connectivity index (χ2n) is 15.6. The van der Waals surface area contributed by atoms with E-state index in [1.165, 1.54) is 141 Å². The van der Waals surface area contributed by atoms with Crippen molar-refractivity contribution in [1.29, 1.82) is 0 Å². The van der Waals surface area contributed by atoms with E-state index in [1.54, 1.807) is 0 Å². The molecule has 0 aromatic rings. The molecule has 51 heavy (non-hydrogen) atoms. The molecular weight excluding hydrogens is 636 g/mol. The van der Waals surface area contributed by atoms with Gasteiger partial charge in [-0.15, -0.1) is 0 Å². The van der Waals surface area contributed by atoms with Crippen LogP contribution in [0, 0.1) is 5.92 Å².